The summed E-state index contributed by atoms with van der Waals surface area (Å²) in [6.07, 6.45) is 0. The van der Waals surface area contributed by atoms with Gasteiger partial charge in [0.2, 0.25) is 0 Å². The number of rotatable bonds is 2. The Morgan fingerprint density at radius 2 is 1.80 bits per heavy atom. The van der Waals surface area contributed by atoms with E-state index < -0.39 is 0 Å². The summed E-state index contributed by atoms with van der Waals surface area (Å²) >= 11 is 6.04. The molecule has 1 aliphatic rings. The quantitative estimate of drug-likeness (QED) is 0.655. The zero-order valence-corrected chi connectivity index (χ0v) is 14.8. The summed E-state index contributed by atoms with van der Waals surface area (Å²) in [6, 6.07) is 15.2. The van der Waals surface area contributed by atoms with Crippen LogP contribution >= 0.6 is 11.6 Å². The van der Waals surface area contributed by atoms with Crippen LogP contribution in [0.5, 0.6) is 0 Å². The molecule has 5 heteroatoms. The summed E-state index contributed by atoms with van der Waals surface area (Å²) in [5, 5.41) is 1.51. The third kappa shape index (κ3) is 3.28. The number of hydrogen-bond donors (Lipinski definition) is 0. The number of likely N-dealkylation sites (N-methyl/N-ethyl adjacent to an activating group) is 1. The summed E-state index contributed by atoms with van der Waals surface area (Å²) in [4.78, 5) is 17.1. The topological polar surface area (TPSA) is 36.7 Å². The zero-order chi connectivity index (χ0) is 17.4. The van der Waals surface area contributed by atoms with Crippen molar-refractivity contribution >= 4 is 28.3 Å². The maximum absolute atomic E-state index is 12.4. The van der Waals surface area contributed by atoms with Crippen molar-refractivity contribution in [1.29, 1.82) is 0 Å². The number of piperazine rings is 1. The van der Waals surface area contributed by atoms with E-state index in [1.54, 1.807) is 12.1 Å². The molecule has 0 amide bonds. The third-order valence-corrected chi connectivity index (χ3v) is 4.96. The Bertz CT molecular complexity index is 975. The average molecular weight is 355 g/mol. The molecular formula is C20H19ClN2O2. The predicted molar refractivity (Wildman–Crippen MR) is 103 cm³/mol. The minimum absolute atomic E-state index is 0.342. The maximum atomic E-state index is 12.4. The summed E-state index contributed by atoms with van der Waals surface area (Å²) < 4.78 is 5.60. The van der Waals surface area contributed by atoms with Gasteiger partial charge >= 0.3 is 5.63 Å². The van der Waals surface area contributed by atoms with Gasteiger partial charge in [0.15, 0.2) is 0 Å². The van der Waals surface area contributed by atoms with Crippen LogP contribution in [0.4, 0.5) is 5.69 Å². The molecular weight excluding hydrogens is 336 g/mol. The number of benzene rings is 2. The molecule has 4 nitrogen and oxygen atoms in total. The fourth-order valence-corrected chi connectivity index (χ4v) is 3.41. The van der Waals surface area contributed by atoms with Crippen molar-refractivity contribution in [2.75, 3.05) is 38.1 Å². The van der Waals surface area contributed by atoms with Crippen LogP contribution in [0.2, 0.25) is 5.02 Å². The van der Waals surface area contributed by atoms with Crippen molar-refractivity contribution in [1.82, 2.24) is 4.90 Å². The normalized spacial score (nSPS) is 15.7. The number of anilines is 1. The first-order valence-corrected chi connectivity index (χ1v) is 8.75. The van der Waals surface area contributed by atoms with Crippen molar-refractivity contribution in [3.63, 3.8) is 0 Å². The molecule has 0 aliphatic carbocycles. The molecule has 3 aromatic rings. The highest BCUT2D eigenvalue weighted by Gasteiger charge is 2.15. The van der Waals surface area contributed by atoms with Crippen molar-refractivity contribution < 1.29 is 4.42 Å². The third-order valence-electron chi connectivity index (χ3n) is 4.72. The fourth-order valence-electron chi connectivity index (χ4n) is 3.22. The van der Waals surface area contributed by atoms with E-state index in [1.807, 2.05) is 30.3 Å². The van der Waals surface area contributed by atoms with Gasteiger partial charge in [-0.05, 0) is 42.9 Å². The first-order chi connectivity index (χ1) is 12.1. The average Bonchev–Trinajstić information content (AvgIpc) is 2.61. The fraction of sp³-hybridized carbons (Fsp3) is 0.250. The van der Waals surface area contributed by atoms with Gasteiger partial charge in [0.1, 0.15) is 5.58 Å². The lowest BCUT2D eigenvalue weighted by Gasteiger charge is -2.34. The van der Waals surface area contributed by atoms with Gasteiger partial charge in [-0.15, -0.1) is 0 Å². The van der Waals surface area contributed by atoms with Gasteiger partial charge in [-0.1, -0.05) is 23.7 Å². The highest BCUT2D eigenvalue weighted by atomic mass is 35.5. The van der Waals surface area contributed by atoms with E-state index in [-0.39, 0.29) is 5.63 Å². The highest BCUT2D eigenvalue weighted by Crippen LogP contribution is 2.26. The Hall–Kier alpha value is -2.30. The minimum Gasteiger partial charge on any atom is -0.422 e. The molecule has 2 heterocycles. The molecule has 0 saturated carbocycles. The van der Waals surface area contributed by atoms with Gasteiger partial charge in [0.05, 0.1) is 5.56 Å². The molecule has 128 valence electrons. The van der Waals surface area contributed by atoms with Gasteiger partial charge in [-0.25, -0.2) is 4.79 Å². The molecule has 1 saturated heterocycles. The SMILES string of the molecule is CN1CCN(c2ccc3cc(-c4cccc(Cl)c4)c(=O)oc3c2)CC1. The number of fused-ring (bicyclic) bond motifs is 1. The lowest BCUT2D eigenvalue weighted by Crippen LogP contribution is -2.44. The highest BCUT2D eigenvalue weighted by molar-refractivity contribution is 6.30. The molecule has 1 aliphatic heterocycles. The van der Waals surface area contributed by atoms with Crippen molar-refractivity contribution in [3.8, 4) is 11.1 Å². The molecule has 1 aromatic heterocycles. The Balaban J connectivity index is 1.73. The monoisotopic (exact) mass is 354 g/mol. The predicted octanol–water partition coefficient (Wildman–Crippen LogP) is 3.87. The standard InChI is InChI=1S/C20H19ClN2O2/c1-22-7-9-23(10-8-22)17-6-5-15-12-18(20(24)25-19(15)13-17)14-3-2-4-16(21)11-14/h2-6,11-13H,7-10H2,1H3. The van der Waals surface area contributed by atoms with Crippen LogP contribution in [-0.4, -0.2) is 38.1 Å². The molecule has 4 rings (SSSR count). The zero-order valence-electron chi connectivity index (χ0n) is 14.0. The van der Waals surface area contributed by atoms with Crippen LogP contribution in [0.3, 0.4) is 0 Å². The summed E-state index contributed by atoms with van der Waals surface area (Å²) in [6.45, 7) is 4.03. The van der Waals surface area contributed by atoms with Gasteiger partial charge < -0.3 is 14.2 Å². The van der Waals surface area contributed by atoms with Crippen molar-refractivity contribution in [2.24, 2.45) is 0 Å². The maximum Gasteiger partial charge on any atom is 0.344 e. The Labute approximate surface area is 151 Å². The first-order valence-electron chi connectivity index (χ1n) is 8.37. The summed E-state index contributed by atoms with van der Waals surface area (Å²) in [5.74, 6) is 0. The number of hydrogen-bond acceptors (Lipinski definition) is 4. The lowest BCUT2D eigenvalue weighted by molar-refractivity contribution is 0.313. The van der Waals surface area contributed by atoms with Crippen LogP contribution in [0, 0.1) is 0 Å². The molecule has 0 N–H and O–H groups in total. The van der Waals surface area contributed by atoms with Gasteiger partial charge in [0, 0.05) is 48.3 Å². The Morgan fingerprint density at radius 3 is 2.56 bits per heavy atom. The molecule has 0 spiro atoms. The minimum atomic E-state index is -0.342. The Kier molecular flexibility index (Phi) is 4.24. The number of halogens is 1. The lowest BCUT2D eigenvalue weighted by atomic mass is 10.1. The second kappa shape index (κ2) is 6.54. The smallest absolute Gasteiger partial charge is 0.344 e. The molecule has 0 bridgehead atoms. The molecule has 0 radical (unpaired) electrons. The van der Waals surface area contributed by atoms with Gasteiger partial charge in [-0.3, -0.25) is 0 Å². The van der Waals surface area contributed by atoms with Gasteiger partial charge in [-0.2, -0.15) is 0 Å². The van der Waals surface area contributed by atoms with Crippen LogP contribution < -0.4 is 10.5 Å². The summed E-state index contributed by atoms with van der Waals surface area (Å²) in [7, 11) is 2.13. The van der Waals surface area contributed by atoms with E-state index in [9.17, 15) is 4.79 Å². The van der Waals surface area contributed by atoms with Crippen LogP contribution in [-0.2, 0) is 0 Å². The molecule has 2 aromatic carbocycles. The summed E-state index contributed by atoms with van der Waals surface area (Å²) in [5.41, 5.74) is 2.67. The van der Waals surface area contributed by atoms with E-state index in [4.69, 9.17) is 16.0 Å². The van der Waals surface area contributed by atoms with Gasteiger partial charge in [0.25, 0.3) is 0 Å². The Morgan fingerprint density at radius 1 is 1.00 bits per heavy atom. The van der Waals surface area contributed by atoms with Crippen LogP contribution in [0.1, 0.15) is 0 Å². The molecule has 0 unspecified atom stereocenters. The molecule has 1 fully saturated rings. The van der Waals surface area contributed by atoms with Crippen LogP contribution in [0.15, 0.2) is 57.7 Å². The molecule has 0 atom stereocenters. The van der Waals surface area contributed by atoms with Crippen molar-refractivity contribution in [3.05, 3.63) is 64.0 Å². The van der Waals surface area contributed by atoms with E-state index in [0.29, 0.717) is 16.2 Å². The van der Waals surface area contributed by atoms with E-state index in [0.717, 1.165) is 42.8 Å². The van der Waals surface area contributed by atoms with E-state index in [1.165, 1.54) is 0 Å². The van der Waals surface area contributed by atoms with Crippen molar-refractivity contribution in [2.45, 2.75) is 0 Å². The van der Waals surface area contributed by atoms with Crippen LogP contribution in [0.25, 0.3) is 22.1 Å². The van der Waals surface area contributed by atoms with E-state index >= 15 is 0 Å². The second-order valence-corrected chi connectivity index (χ2v) is 6.91. The first kappa shape index (κ1) is 16.2. The van der Waals surface area contributed by atoms with E-state index in [2.05, 4.69) is 22.9 Å². The number of nitrogens with zero attached hydrogens (tertiary/aromatic N) is 2. The largest absolute Gasteiger partial charge is 0.422 e. The molecule has 25 heavy (non-hydrogen) atoms. The second-order valence-electron chi connectivity index (χ2n) is 6.47.